The van der Waals surface area contributed by atoms with Crippen LogP contribution >= 0.6 is 22.9 Å². The van der Waals surface area contributed by atoms with Crippen molar-refractivity contribution in [3.63, 3.8) is 0 Å². The average molecular weight is 446 g/mol. The zero-order valence-corrected chi connectivity index (χ0v) is 17.1. The first-order valence-electron chi connectivity index (χ1n) is 9.01. The average Bonchev–Trinajstić information content (AvgIpc) is 3.23. The number of benzene rings is 1. The van der Waals surface area contributed by atoms with E-state index in [1.807, 2.05) is 23.1 Å². The van der Waals surface area contributed by atoms with E-state index in [0.717, 1.165) is 0 Å². The quantitative estimate of drug-likeness (QED) is 0.482. The lowest BCUT2D eigenvalue weighted by atomic mass is 10.2. The molecule has 2 aromatic heterocycles. The first kappa shape index (κ1) is 20.0. The van der Waals surface area contributed by atoms with Crippen LogP contribution in [-0.4, -0.2) is 57.2 Å². The molecule has 2 amide bonds. The summed E-state index contributed by atoms with van der Waals surface area (Å²) in [6, 6.07) is 9.79. The number of pyridine rings is 1. The maximum atomic E-state index is 12.6. The number of piperazine rings is 1. The van der Waals surface area contributed by atoms with E-state index in [1.54, 1.807) is 23.2 Å². The minimum Gasteiger partial charge on any atom is -0.362 e. The third-order valence-electron chi connectivity index (χ3n) is 4.56. The van der Waals surface area contributed by atoms with E-state index in [-0.39, 0.29) is 11.7 Å². The molecule has 10 nitrogen and oxygen atoms in total. The van der Waals surface area contributed by atoms with Crippen LogP contribution in [0, 0.1) is 10.1 Å². The number of nitro groups is 1. The highest BCUT2D eigenvalue weighted by atomic mass is 35.5. The van der Waals surface area contributed by atoms with Crippen molar-refractivity contribution >= 4 is 45.5 Å². The van der Waals surface area contributed by atoms with Crippen LogP contribution in [0.4, 0.5) is 21.3 Å². The Bertz CT molecular complexity index is 1070. The number of rotatable bonds is 4. The molecule has 154 valence electrons. The second-order valence-electron chi connectivity index (χ2n) is 6.42. The van der Waals surface area contributed by atoms with E-state index in [9.17, 15) is 14.9 Å². The molecule has 1 N–H and O–H groups in total. The monoisotopic (exact) mass is 445 g/mol. The number of nitrogens with one attached hydrogen (secondary N) is 1. The molecular weight excluding hydrogens is 430 g/mol. The Morgan fingerprint density at radius 2 is 1.97 bits per heavy atom. The molecule has 3 aromatic rings. The van der Waals surface area contributed by atoms with Crippen LogP contribution in [0.5, 0.6) is 0 Å². The number of nitrogens with zero attached hydrogens (tertiary/aromatic N) is 6. The van der Waals surface area contributed by atoms with Gasteiger partial charge in [0.25, 0.3) is 5.69 Å². The van der Waals surface area contributed by atoms with Gasteiger partial charge in [-0.25, -0.2) is 4.79 Å². The first-order valence-corrected chi connectivity index (χ1v) is 10.2. The van der Waals surface area contributed by atoms with Gasteiger partial charge in [-0.2, -0.15) is 0 Å². The standard InChI is InChI=1S/C18H16ClN7O3S/c19-12-4-5-14(15(11-12)26(28)29)24-7-9-25(10-8-24)18(27)21-17-23-22-16(30-17)13-3-1-2-6-20-13/h1-6,11H,7-10H2,(H,21,23,27). The maximum absolute atomic E-state index is 12.6. The molecule has 1 fully saturated rings. The lowest BCUT2D eigenvalue weighted by Gasteiger charge is -2.35. The maximum Gasteiger partial charge on any atom is 0.323 e. The fourth-order valence-corrected chi connectivity index (χ4v) is 3.97. The molecule has 4 rings (SSSR count). The second-order valence-corrected chi connectivity index (χ2v) is 7.84. The number of carbonyl (C=O) groups is 1. The molecule has 30 heavy (non-hydrogen) atoms. The normalized spacial score (nSPS) is 13.9. The number of anilines is 2. The summed E-state index contributed by atoms with van der Waals surface area (Å²) in [4.78, 5) is 31.2. The Labute approximate surface area is 180 Å². The predicted octanol–water partition coefficient (Wildman–Crippen LogP) is 3.52. The summed E-state index contributed by atoms with van der Waals surface area (Å²) < 4.78 is 0. The van der Waals surface area contributed by atoms with Crippen LogP contribution in [0.2, 0.25) is 5.02 Å². The number of nitro benzene ring substituents is 1. The minimum absolute atomic E-state index is 0.0451. The molecule has 0 aliphatic carbocycles. The summed E-state index contributed by atoms with van der Waals surface area (Å²) in [5.74, 6) is 0. The number of urea groups is 1. The molecule has 3 heterocycles. The molecule has 0 spiro atoms. The van der Waals surface area contributed by atoms with Gasteiger partial charge in [-0.3, -0.25) is 20.4 Å². The number of hydrogen-bond acceptors (Lipinski definition) is 8. The lowest BCUT2D eigenvalue weighted by molar-refractivity contribution is -0.384. The van der Waals surface area contributed by atoms with Crippen molar-refractivity contribution in [3.8, 4) is 10.7 Å². The largest absolute Gasteiger partial charge is 0.362 e. The number of carbonyl (C=O) groups excluding carboxylic acids is 1. The highest BCUT2D eigenvalue weighted by Gasteiger charge is 2.26. The van der Waals surface area contributed by atoms with Crippen molar-refractivity contribution in [2.45, 2.75) is 0 Å². The first-order chi connectivity index (χ1) is 14.5. The summed E-state index contributed by atoms with van der Waals surface area (Å²) in [7, 11) is 0. The van der Waals surface area contributed by atoms with Gasteiger partial charge in [0.2, 0.25) is 5.13 Å². The van der Waals surface area contributed by atoms with Gasteiger partial charge < -0.3 is 9.80 Å². The van der Waals surface area contributed by atoms with E-state index in [0.29, 0.717) is 52.7 Å². The number of hydrogen-bond donors (Lipinski definition) is 1. The number of amides is 2. The van der Waals surface area contributed by atoms with Crippen LogP contribution in [0.15, 0.2) is 42.6 Å². The molecule has 0 unspecified atom stereocenters. The van der Waals surface area contributed by atoms with Crippen LogP contribution in [0.1, 0.15) is 0 Å². The molecule has 0 atom stereocenters. The number of aromatic nitrogens is 3. The van der Waals surface area contributed by atoms with E-state index >= 15 is 0 Å². The molecule has 0 saturated carbocycles. The van der Waals surface area contributed by atoms with Crippen molar-refractivity contribution in [2.75, 3.05) is 36.4 Å². The van der Waals surface area contributed by atoms with Gasteiger partial charge in [-0.05, 0) is 24.3 Å². The Morgan fingerprint density at radius 3 is 2.67 bits per heavy atom. The van der Waals surface area contributed by atoms with E-state index in [1.165, 1.54) is 17.4 Å². The third kappa shape index (κ3) is 4.31. The Morgan fingerprint density at radius 1 is 1.17 bits per heavy atom. The van der Waals surface area contributed by atoms with Crippen LogP contribution in [0.3, 0.4) is 0 Å². The molecule has 12 heteroatoms. The molecule has 0 radical (unpaired) electrons. The fourth-order valence-electron chi connectivity index (χ4n) is 3.10. The second kappa shape index (κ2) is 8.59. The van der Waals surface area contributed by atoms with Crippen molar-refractivity contribution in [1.82, 2.24) is 20.1 Å². The Kier molecular flexibility index (Phi) is 5.72. The Balaban J connectivity index is 1.37. The van der Waals surface area contributed by atoms with Gasteiger partial charge in [-0.15, -0.1) is 10.2 Å². The lowest BCUT2D eigenvalue weighted by Crippen LogP contribution is -2.50. The van der Waals surface area contributed by atoms with Gasteiger partial charge in [0.05, 0.1) is 4.92 Å². The van der Waals surface area contributed by atoms with Gasteiger partial charge in [0.1, 0.15) is 11.4 Å². The van der Waals surface area contributed by atoms with Gasteiger partial charge in [0.15, 0.2) is 5.01 Å². The van der Waals surface area contributed by atoms with E-state index in [2.05, 4.69) is 20.5 Å². The Hall–Kier alpha value is -3.31. The summed E-state index contributed by atoms with van der Waals surface area (Å²) >= 11 is 7.13. The van der Waals surface area contributed by atoms with Gasteiger partial charge in [0, 0.05) is 43.5 Å². The van der Waals surface area contributed by atoms with Crippen molar-refractivity contribution < 1.29 is 9.72 Å². The molecule has 0 bridgehead atoms. The van der Waals surface area contributed by atoms with Crippen LogP contribution in [0.25, 0.3) is 10.7 Å². The van der Waals surface area contributed by atoms with Crippen molar-refractivity contribution in [3.05, 3.63) is 57.7 Å². The van der Waals surface area contributed by atoms with Gasteiger partial charge in [-0.1, -0.05) is 29.0 Å². The van der Waals surface area contributed by atoms with Crippen molar-refractivity contribution in [1.29, 1.82) is 0 Å². The summed E-state index contributed by atoms with van der Waals surface area (Å²) in [5.41, 5.74) is 1.14. The molecule has 1 aromatic carbocycles. The summed E-state index contributed by atoms with van der Waals surface area (Å²) in [6.07, 6.45) is 1.67. The number of halogens is 1. The molecule has 1 aliphatic heterocycles. The minimum atomic E-state index is -0.449. The third-order valence-corrected chi connectivity index (χ3v) is 5.66. The highest BCUT2D eigenvalue weighted by Crippen LogP contribution is 2.32. The fraction of sp³-hybridized carbons (Fsp3) is 0.222. The van der Waals surface area contributed by atoms with Gasteiger partial charge >= 0.3 is 6.03 Å². The predicted molar refractivity (Wildman–Crippen MR) is 114 cm³/mol. The molecular formula is C18H16ClN7O3S. The SMILES string of the molecule is O=C(Nc1nnc(-c2ccccn2)s1)N1CCN(c2ccc(Cl)cc2[N+](=O)[O-])CC1. The summed E-state index contributed by atoms with van der Waals surface area (Å²) in [6.45, 7) is 1.76. The van der Waals surface area contributed by atoms with E-state index < -0.39 is 4.92 Å². The smallest absolute Gasteiger partial charge is 0.323 e. The topological polar surface area (TPSA) is 117 Å². The summed E-state index contributed by atoms with van der Waals surface area (Å²) in [5, 5.41) is 23.5. The van der Waals surface area contributed by atoms with E-state index in [4.69, 9.17) is 11.6 Å². The zero-order valence-electron chi connectivity index (χ0n) is 15.6. The van der Waals surface area contributed by atoms with Crippen molar-refractivity contribution in [2.24, 2.45) is 0 Å². The van der Waals surface area contributed by atoms with Crippen LogP contribution in [-0.2, 0) is 0 Å². The molecule has 1 aliphatic rings. The zero-order chi connectivity index (χ0) is 21.1. The molecule has 1 saturated heterocycles. The highest BCUT2D eigenvalue weighted by molar-refractivity contribution is 7.18. The van der Waals surface area contributed by atoms with Crippen LogP contribution < -0.4 is 10.2 Å².